The molecule has 1 aliphatic heterocycles. The fraction of sp³-hybridized carbons (Fsp3) is 0.417. The highest BCUT2D eigenvalue weighted by atomic mass is 35.5. The molecule has 114 valence electrons. The Morgan fingerprint density at radius 1 is 1.52 bits per heavy atom. The van der Waals surface area contributed by atoms with Crippen LogP contribution in [-0.4, -0.2) is 21.1 Å². The standard InChI is InChI=1S/C12H11ClF3N3O2/c13-10-7(5-20)18-19-9(12(14,15)16)4-6(17-11(10)19)8-2-1-3-21-8/h1-3,6,9,17,20H,4-5H2/t6-,9+/m1/s1. The Balaban J connectivity index is 2.07. The van der Waals surface area contributed by atoms with Gasteiger partial charge in [0.25, 0.3) is 0 Å². The Kier molecular flexibility index (Phi) is 3.37. The van der Waals surface area contributed by atoms with Gasteiger partial charge in [-0.3, -0.25) is 0 Å². The third kappa shape index (κ3) is 2.38. The topological polar surface area (TPSA) is 63.2 Å². The van der Waals surface area contributed by atoms with Gasteiger partial charge in [0.05, 0.1) is 18.9 Å². The molecule has 0 aromatic carbocycles. The smallest absolute Gasteiger partial charge is 0.410 e. The van der Waals surface area contributed by atoms with E-state index < -0.39 is 24.9 Å². The largest absolute Gasteiger partial charge is 0.467 e. The van der Waals surface area contributed by atoms with Crippen molar-refractivity contribution in [2.75, 3.05) is 5.32 Å². The van der Waals surface area contributed by atoms with E-state index in [0.29, 0.717) is 5.76 Å². The Labute approximate surface area is 122 Å². The minimum atomic E-state index is -4.48. The fourth-order valence-corrected chi connectivity index (χ4v) is 2.65. The molecule has 5 nitrogen and oxygen atoms in total. The molecule has 2 N–H and O–H groups in total. The van der Waals surface area contributed by atoms with Gasteiger partial charge in [0, 0.05) is 6.42 Å². The number of hydrogen-bond acceptors (Lipinski definition) is 4. The van der Waals surface area contributed by atoms with Gasteiger partial charge in [0.1, 0.15) is 22.3 Å². The van der Waals surface area contributed by atoms with E-state index in [1.54, 1.807) is 12.1 Å². The van der Waals surface area contributed by atoms with Gasteiger partial charge in [-0.25, -0.2) is 4.68 Å². The van der Waals surface area contributed by atoms with Crippen molar-refractivity contribution in [3.63, 3.8) is 0 Å². The number of aliphatic hydroxyl groups excluding tert-OH is 1. The van der Waals surface area contributed by atoms with Crippen molar-refractivity contribution in [3.8, 4) is 0 Å². The first-order chi connectivity index (χ1) is 9.91. The van der Waals surface area contributed by atoms with Gasteiger partial charge in [-0.2, -0.15) is 18.3 Å². The molecule has 1 aliphatic rings. The molecule has 0 aliphatic carbocycles. The lowest BCUT2D eigenvalue weighted by molar-refractivity contribution is -0.174. The van der Waals surface area contributed by atoms with Crippen LogP contribution in [0.4, 0.5) is 19.0 Å². The number of nitrogens with zero attached hydrogens (tertiary/aromatic N) is 2. The molecule has 2 aromatic rings. The molecule has 0 bridgehead atoms. The fourth-order valence-electron chi connectivity index (χ4n) is 2.41. The summed E-state index contributed by atoms with van der Waals surface area (Å²) in [4.78, 5) is 0. The van der Waals surface area contributed by atoms with Crippen molar-refractivity contribution in [2.45, 2.75) is 31.3 Å². The van der Waals surface area contributed by atoms with Gasteiger partial charge in [-0.05, 0) is 12.1 Å². The lowest BCUT2D eigenvalue weighted by atomic mass is 10.0. The van der Waals surface area contributed by atoms with Crippen molar-refractivity contribution < 1.29 is 22.7 Å². The molecule has 9 heteroatoms. The number of nitrogens with one attached hydrogen (secondary N) is 1. The van der Waals surface area contributed by atoms with Gasteiger partial charge < -0.3 is 14.8 Å². The average Bonchev–Trinajstić information content (AvgIpc) is 3.05. The van der Waals surface area contributed by atoms with E-state index in [1.165, 1.54) is 6.26 Å². The molecule has 0 unspecified atom stereocenters. The van der Waals surface area contributed by atoms with Crippen molar-refractivity contribution >= 4 is 17.4 Å². The number of fused-ring (bicyclic) bond motifs is 1. The van der Waals surface area contributed by atoms with Crippen LogP contribution in [-0.2, 0) is 6.61 Å². The lowest BCUT2D eigenvalue weighted by Crippen LogP contribution is -2.35. The highest BCUT2D eigenvalue weighted by Crippen LogP contribution is 2.46. The number of rotatable bonds is 2. The first-order valence-corrected chi connectivity index (χ1v) is 6.54. The van der Waals surface area contributed by atoms with E-state index in [2.05, 4.69) is 10.4 Å². The van der Waals surface area contributed by atoms with Gasteiger partial charge in [-0.15, -0.1) is 0 Å². The maximum Gasteiger partial charge on any atom is 0.410 e. The summed E-state index contributed by atoms with van der Waals surface area (Å²) in [6.45, 7) is -0.531. The van der Waals surface area contributed by atoms with E-state index in [0.717, 1.165) is 4.68 Å². The summed E-state index contributed by atoms with van der Waals surface area (Å²) in [5, 5.41) is 15.7. The van der Waals surface area contributed by atoms with Crippen molar-refractivity contribution in [3.05, 3.63) is 34.9 Å². The second-order valence-corrected chi connectivity index (χ2v) is 5.10. The Hall–Kier alpha value is -1.67. The molecular weight excluding hydrogens is 311 g/mol. The zero-order valence-corrected chi connectivity index (χ0v) is 11.3. The lowest BCUT2D eigenvalue weighted by Gasteiger charge is -2.32. The summed E-state index contributed by atoms with van der Waals surface area (Å²) in [5.74, 6) is 0.425. The molecule has 0 radical (unpaired) electrons. The maximum atomic E-state index is 13.3. The summed E-state index contributed by atoms with van der Waals surface area (Å²) >= 11 is 5.98. The summed E-state index contributed by atoms with van der Waals surface area (Å²) in [7, 11) is 0. The molecule has 0 saturated heterocycles. The second-order valence-electron chi connectivity index (χ2n) is 4.72. The Morgan fingerprint density at radius 2 is 2.29 bits per heavy atom. The molecule has 0 fully saturated rings. The predicted molar refractivity (Wildman–Crippen MR) is 67.9 cm³/mol. The maximum absolute atomic E-state index is 13.3. The normalized spacial score (nSPS) is 22.0. The van der Waals surface area contributed by atoms with Crippen LogP contribution in [0, 0.1) is 0 Å². The van der Waals surface area contributed by atoms with Crippen LogP contribution < -0.4 is 5.32 Å². The SMILES string of the molecule is OCc1nn2c(c1Cl)N[C@@H](c1ccco1)C[C@H]2C(F)(F)F. The zero-order valence-electron chi connectivity index (χ0n) is 10.6. The minimum Gasteiger partial charge on any atom is -0.467 e. The molecule has 2 aromatic heterocycles. The molecule has 3 heterocycles. The van der Waals surface area contributed by atoms with Crippen LogP contribution in [0.2, 0.25) is 5.02 Å². The molecular formula is C12H11ClF3N3O2. The number of alkyl halides is 3. The highest BCUT2D eigenvalue weighted by molar-refractivity contribution is 6.33. The summed E-state index contributed by atoms with van der Waals surface area (Å²) in [6.07, 6.45) is -3.36. The van der Waals surface area contributed by atoms with Gasteiger partial charge >= 0.3 is 6.18 Å². The van der Waals surface area contributed by atoms with Crippen LogP contribution in [0.1, 0.15) is 30.0 Å². The first-order valence-electron chi connectivity index (χ1n) is 6.16. The van der Waals surface area contributed by atoms with E-state index >= 15 is 0 Å². The molecule has 21 heavy (non-hydrogen) atoms. The highest BCUT2D eigenvalue weighted by Gasteiger charge is 2.47. The van der Waals surface area contributed by atoms with E-state index in [4.69, 9.17) is 21.1 Å². The van der Waals surface area contributed by atoms with Gasteiger partial charge in [0.2, 0.25) is 0 Å². The van der Waals surface area contributed by atoms with E-state index in [9.17, 15) is 13.2 Å². The summed E-state index contributed by atoms with van der Waals surface area (Å²) < 4.78 is 45.7. The monoisotopic (exact) mass is 321 g/mol. The van der Waals surface area contributed by atoms with Gasteiger partial charge in [0.15, 0.2) is 6.04 Å². The van der Waals surface area contributed by atoms with Crippen LogP contribution >= 0.6 is 11.6 Å². The van der Waals surface area contributed by atoms with E-state index in [-0.39, 0.29) is 23.0 Å². The third-order valence-corrected chi connectivity index (χ3v) is 3.80. The molecule has 0 spiro atoms. The van der Waals surface area contributed by atoms with E-state index in [1.807, 2.05) is 0 Å². The number of anilines is 1. The molecule has 3 rings (SSSR count). The van der Waals surface area contributed by atoms with Crippen LogP contribution in [0.3, 0.4) is 0 Å². The minimum absolute atomic E-state index is 0.00788. The zero-order chi connectivity index (χ0) is 15.2. The van der Waals surface area contributed by atoms with Crippen molar-refractivity contribution in [1.82, 2.24) is 9.78 Å². The van der Waals surface area contributed by atoms with Gasteiger partial charge in [-0.1, -0.05) is 11.6 Å². The average molecular weight is 322 g/mol. The van der Waals surface area contributed by atoms with Crippen molar-refractivity contribution in [2.24, 2.45) is 0 Å². The molecule has 0 amide bonds. The number of aliphatic hydroxyl groups is 1. The van der Waals surface area contributed by atoms with Crippen molar-refractivity contribution in [1.29, 1.82) is 0 Å². The third-order valence-electron chi connectivity index (χ3n) is 3.40. The summed E-state index contributed by atoms with van der Waals surface area (Å²) in [5.41, 5.74) is 0.00788. The number of furan rings is 1. The van der Waals surface area contributed by atoms with Crippen LogP contribution in [0.5, 0.6) is 0 Å². The number of hydrogen-bond donors (Lipinski definition) is 2. The molecule has 0 saturated carbocycles. The van der Waals surface area contributed by atoms with Crippen LogP contribution in [0.15, 0.2) is 22.8 Å². The number of halogens is 4. The Bertz CT molecular complexity index is 639. The number of aromatic nitrogens is 2. The summed E-state index contributed by atoms with van der Waals surface area (Å²) in [6, 6.07) is 0.700. The Morgan fingerprint density at radius 3 is 2.86 bits per heavy atom. The first kappa shape index (κ1) is 14.3. The van der Waals surface area contributed by atoms with Crippen LogP contribution in [0.25, 0.3) is 0 Å². The second kappa shape index (κ2) is 4.96. The molecule has 2 atom stereocenters. The quantitative estimate of drug-likeness (QED) is 0.891. The predicted octanol–water partition coefficient (Wildman–Crippen LogP) is 3.28.